The van der Waals surface area contributed by atoms with Gasteiger partial charge in [-0.15, -0.1) is 0 Å². The molecule has 142 valence electrons. The Hall–Kier alpha value is -1.95. The Morgan fingerprint density at radius 1 is 1.31 bits per heavy atom. The predicted molar refractivity (Wildman–Crippen MR) is 107 cm³/mol. The molecule has 0 bridgehead atoms. The number of nitrogens with zero attached hydrogens (tertiary/aromatic N) is 2. The number of rotatable bonds is 7. The standard InChI is InChI=1S/C19H28ClN5O/c1-2-21-19(23-10-9-22-18(26)14-6-7-14)24-16-8-11-25(13-16)17-5-3-4-15(20)12-17/h3-5,12,14,16H,2,6-11,13H2,1H3,(H,22,26)(H2,21,23,24). The summed E-state index contributed by atoms with van der Waals surface area (Å²) in [6.07, 6.45) is 3.11. The smallest absolute Gasteiger partial charge is 0.223 e. The summed E-state index contributed by atoms with van der Waals surface area (Å²) < 4.78 is 0. The van der Waals surface area contributed by atoms with Crippen LogP contribution >= 0.6 is 11.6 Å². The second-order valence-corrected chi connectivity index (χ2v) is 7.32. The number of anilines is 1. The normalized spacial score (nSPS) is 20.2. The molecule has 1 aliphatic heterocycles. The van der Waals surface area contributed by atoms with Crippen LogP contribution in [0.15, 0.2) is 29.3 Å². The fourth-order valence-electron chi connectivity index (χ4n) is 3.14. The van der Waals surface area contributed by atoms with Crippen molar-refractivity contribution < 1.29 is 4.79 Å². The fraction of sp³-hybridized carbons (Fsp3) is 0.579. The van der Waals surface area contributed by atoms with Gasteiger partial charge in [-0.05, 0) is 44.4 Å². The second-order valence-electron chi connectivity index (χ2n) is 6.88. The Labute approximate surface area is 160 Å². The molecule has 1 heterocycles. The summed E-state index contributed by atoms with van der Waals surface area (Å²) >= 11 is 6.10. The van der Waals surface area contributed by atoms with Crippen LogP contribution in [0.5, 0.6) is 0 Å². The van der Waals surface area contributed by atoms with E-state index < -0.39 is 0 Å². The molecule has 0 aromatic heterocycles. The Kier molecular flexibility index (Phi) is 6.61. The fourth-order valence-corrected chi connectivity index (χ4v) is 3.32. The van der Waals surface area contributed by atoms with E-state index in [-0.39, 0.29) is 11.8 Å². The van der Waals surface area contributed by atoms with Crippen molar-refractivity contribution in [2.24, 2.45) is 10.9 Å². The van der Waals surface area contributed by atoms with Gasteiger partial charge in [0.25, 0.3) is 0 Å². The van der Waals surface area contributed by atoms with Crippen LogP contribution in [0, 0.1) is 5.92 Å². The van der Waals surface area contributed by atoms with Crippen molar-refractivity contribution in [3.63, 3.8) is 0 Å². The van der Waals surface area contributed by atoms with Gasteiger partial charge in [-0.25, -0.2) is 0 Å². The van der Waals surface area contributed by atoms with E-state index in [1.807, 2.05) is 18.2 Å². The SMILES string of the molecule is CCNC(=NCCNC(=O)C1CC1)NC1CCN(c2cccc(Cl)c2)C1. The van der Waals surface area contributed by atoms with Gasteiger partial charge in [-0.2, -0.15) is 0 Å². The van der Waals surface area contributed by atoms with Crippen LogP contribution in [-0.4, -0.2) is 50.6 Å². The first-order valence-electron chi connectivity index (χ1n) is 9.48. The van der Waals surface area contributed by atoms with Gasteiger partial charge < -0.3 is 20.9 Å². The van der Waals surface area contributed by atoms with Crippen molar-refractivity contribution in [2.75, 3.05) is 37.6 Å². The molecule has 0 spiro atoms. The molecular formula is C19H28ClN5O. The topological polar surface area (TPSA) is 68.8 Å². The van der Waals surface area contributed by atoms with E-state index in [2.05, 4.69) is 38.8 Å². The summed E-state index contributed by atoms with van der Waals surface area (Å²) in [6, 6.07) is 8.32. The van der Waals surface area contributed by atoms with Gasteiger partial charge >= 0.3 is 0 Å². The summed E-state index contributed by atoms with van der Waals surface area (Å²) in [5.41, 5.74) is 1.16. The molecule has 1 atom stereocenters. The van der Waals surface area contributed by atoms with Crippen LogP contribution in [-0.2, 0) is 4.79 Å². The molecule has 2 fully saturated rings. The van der Waals surface area contributed by atoms with E-state index in [0.717, 1.165) is 55.6 Å². The molecule has 7 heteroatoms. The molecule has 1 saturated heterocycles. The van der Waals surface area contributed by atoms with Crippen LogP contribution in [0.2, 0.25) is 5.02 Å². The minimum absolute atomic E-state index is 0.172. The van der Waals surface area contributed by atoms with Crippen LogP contribution in [0.1, 0.15) is 26.2 Å². The van der Waals surface area contributed by atoms with E-state index in [9.17, 15) is 4.79 Å². The molecule has 1 unspecified atom stereocenters. The largest absolute Gasteiger partial charge is 0.369 e. The first-order valence-corrected chi connectivity index (χ1v) is 9.86. The molecule has 1 saturated carbocycles. The number of amides is 1. The molecule has 26 heavy (non-hydrogen) atoms. The number of guanidine groups is 1. The number of benzene rings is 1. The number of carbonyl (C=O) groups is 1. The van der Waals surface area contributed by atoms with E-state index in [1.54, 1.807) is 0 Å². The second kappa shape index (κ2) is 9.12. The van der Waals surface area contributed by atoms with Crippen molar-refractivity contribution >= 4 is 29.2 Å². The summed E-state index contributed by atoms with van der Waals surface area (Å²) in [7, 11) is 0. The predicted octanol–water partition coefficient (Wildman–Crippen LogP) is 2.00. The van der Waals surface area contributed by atoms with E-state index in [0.29, 0.717) is 19.1 Å². The van der Waals surface area contributed by atoms with Crippen molar-refractivity contribution in [2.45, 2.75) is 32.2 Å². The number of carbonyl (C=O) groups excluding carboxylic acids is 1. The quantitative estimate of drug-likeness (QED) is 0.386. The maximum atomic E-state index is 11.6. The first-order chi connectivity index (χ1) is 12.7. The van der Waals surface area contributed by atoms with Gasteiger partial charge in [-0.1, -0.05) is 17.7 Å². The van der Waals surface area contributed by atoms with E-state index >= 15 is 0 Å². The zero-order valence-electron chi connectivity index (χ0n) is 15.3. The molecule has 1 aromatic carbocycles. The molecular weight excluding hydrogens is 350 g/mol. The van der Waals surface area contributed by atoms with Crippen molar-refractivity contribution in [1.29, 1.82) is 0 Å². The molecule has 6 nitrogen and oxygen atoms in total. The Morgan fingerprint density at radius 2 is 2.15 bits per heavy atom. The number of hydrogen-bond acceptors (Lipinski definition) is 3. The number of halogens is 1. The van der Waals surface area contributed by atoms with Gasteiger partial charge in [-0.3, -0.25) is 9.79 Å². The van der Waals surface area contributed by atoms with Gasteiger partial charge in [0.1, 0.15) is 0 Å². The average Bonchev–Trinajstić information content (AvgIpc) is 3.38. The lowest BCUT2D eigenvalue weighted by molar-refractivity contribution is -0.122. The lowest BCUT2D eigenvalue weighted by atomic mass is 10.3. The minimum Gasteiger partial charge on any atom is -0.369 e. The Bertz CT molecular complexity index is 647. The van der Waals surface area contributed by atoms with Gasteiger partial charge in [0.2, 0.25) is 5.91 Å². The molecule has 3 N–H and O–H groups in total. The zero-order chi connectivity index (χ0) is 18.4. The maximum Gasteiger partial charge on any atom is 0.223 e. The van der Waals surface area contributed by atoms with Crippen LogP contribution in [0.25, 0.3) is 0 Å². The highest BCUT2D eigenvalue weighted by atomic mass is 35.5. The highest BCUT2D eigenvalue weighted by Crippen LogP contribution is 2.28. The van der Waals surface area contributed by atoms with Crippen molar-refractivity contribution in [3.05, 3.63) is 29.3 Å². The van der Waals surface area contributed by atoms with Crippen LogP contribution in [0.3, 0.4) is 0 Å². The number of nitrogens with one attached hydrogen (secondary N) is 3. The monoisotopic (exact) mass is 377 g/mol. The molecule has 3 rings (SSSR count). The zero-order valence-corrected chi connectivity index (χ0v) is 16.1. The van der Waals surface area contributed by atoms with Crippen molar-refractivity contribution in [3.8, 4) is 0 Å². The third kappa shape index (κ3) is 5.53. The number of hydrogen-bond donors (Lipinski definition) is 3. The molecule has 2 aliphatic rings. The molecule has 1 aliphatic carbocycles. The van der Waals surface area contributed by atoms with Crippen LogP contribution in [0.4, 0.5) is 5.69 Å². The minimum atomic E-state index is 0.172. The number of aliphatic imine (C=N–C) groups is 1. The maximum absolute atomic E-state index is 11.6. The van der Waals surface area contributed by atoms with Gasteiger partial charge in [0.05, 0.1) is 6.54 Å². The van der Waals surface area contributed by atoms with E-state index in [4.69, 9.17) is 11.6 Å². The summed E-state index contributed by atoms with van der Waals surface area (Å²) in [6.45, 7) is 5.95. The Morgan fingerprint density at radius 3 is 2.88 bits per heavy atom. The van der Waals surface area contributed by atoms with Gasteiger partial charge in [0, 0.05) is 48.8 Å². The van der Waals surface area contributed by atoms with E-state index in [1.165, 1.54) is 0 Å². The summed E-state index contributed by atoms with van der Waals surface area (Å²) in [4.78, 5) is 18.6. The Balaban J connectivity index is 1.46. The third-order valence-electron chi connectivity index (χ3n) is 4.68. The lowest BCUT2D eigenvalue weighted by Crippen LogP contribution is -2.45. The molecule has 1 amide bonds. The molecule has 1 aromatic rings. The highest BCUT2D eigenvalue weighted by molar-refractivity contribution is 6.30. The highest BCUT2D eigenvalue weighted by Gasteiger charge is 2.29. The average molecular weight is 378 g/mol. The van der Waals surface area contributed by atoms with Gasteiger partial charge in [0.15, 0.2) is 5.96 Å². The third-order valence-corrected chi connectivity index (χ3v) is 4.91. The van der Waals surface area contributed by atoms with Crippen LogP contribution < -0.4 is 20.9 Å². The summed E-state index contributed by atoms with van der Waals surface area (Å²) in [5, 5.41) is 10.5. The molecule has 0 radical (unpaired) electrons. The first kappa shape index (κ1) is 18.8. The van der Waals surface area contributed by atoms with Crippen molar-refractivity contribution in [1.82, 2.24) is 16.0 Å². The lowest BCUT2D eigenvalue weighted by Gasteiger charge is -2.20. The summed E-state index contributed by atoms with van der Waals surface area (Å²) in [5.74, 6) is 1.23.